The van der Waals surface area contributed by atoms with Gasteiger partial charge in [-0.15, -0.1) is 0 Å². The Morgan fingerprint density at radius 1 is 1.44 bits per heavy atom. The standard InChI is InChI=1S/C13H18N2O/c1-9-3-4-11-5-6-15(8-12(11)7-9)13(16)10(2)14/h3-4,7,10H,5-6,8,14H2,1-2H3/t10-/m0/s1. The molecule has 1 heterocycles. The Morgan fingerprint density at radius 2 is 2.19 bits per heavy atom. The van der Waals surface area contributed by atoms with Crippen LogP contribution in [0.5, 0.6) is 0 Å². The van der Waals surface area contributed by atoms with E-state index in [1.165, 1.54) is 16.7 Å². The summed E-state index contributed by atoms with van der Waals surface area (Å²) >= 11 is 0. The van der Waals surface area contributed by atoms with Crippen LogP contribution in [0.2, 0.25) is 0 Å². The molecule has 0 aromatic heterocycles. The first-order valence-corrected chi connectivity index (χ1v) is 5.70. The van der Waals surface area contributed by atoms with E-state index in [-0.39, 0.29) is 5.91 Å². The molecule has 0 bridgehead atoms. The molecule has 1 aromatic rings. The number of hydrogen-bond acceptors (Lipinski definition) is 2. The maximum absolute atomic E-state index is 11.8. The molecule has 1 aliphatic heterocycles. The number of nitrogens with two attached hydrogens (primary N) is 1. The molecule has 3 heteroatoms. The molecule has 16 heavy (non-hydrogen) atoms. The summed E-state index contributed by atoms with van der Waals surface area (Å²) in [5.41, 5.74) is 9.49. The van der Waals surface area contributed by atoms with E-state index < -0.39 is 6.04 Å². The summed E-state index contributed by atoms with van der Waals surface area (Å²) in [4.78, 5) is 13.6. The Bertz CT molecular complexity index is 412. The van der Waals surface area contributed by atoms with Crippen LogP contribution in [-0.2, 0) is 17.8 Å². The van der Waals surface area contributed by atoms with Crippen LogP contribution in [0.3, 0.4) is 0 Å². The van der Waals surface area contributed by atoms with Gasteiger partial charge in [0.15, 0.2) is 0 Å². The lowest BCUT2D eigenvalue weighted by Gasteiger charge is -2.30. The Labute approximate surface area is 96.2 Å². The minimum absolute atomic E-state index is 0.0483. The van der Waals surface area contributed by atoms with Gasteiger partial charge in [0, 0.05) is 13.1 Å². The second-order valence-electron chi connectivity index (χ2n) is 4.57. The molecule has 2 N–H and O–H groups in total. The van der Waals surface area contributed by atoms with Gasteiger partial charge in [-0.3, -0.25) is 4.79 Å². The molecular formula is C13H18N2O. The number of carbonyl (C=O) groups excluding carboxylic acids is 1. The molecule has 1 amide bonds. The van der Waals surface area contributed by atoms with Gasteiger partial charge >= 0.3 is 0 Å². The number of nitrogens with zero attached hydrogens (tertiary/aromatic N) is 1. The van der Waals surface area contributed by atoms with Gasteiger partial charge in [0.2, 0.25) is 5.91 Å². The fourth-order valence-corrected chi connectivity index (χ4v) is 2.16. The molecule has 0 radical (unpaired) electrons. The summed E-state index contributed by atoms with van der Waals surface area (Å²) in [6, 6.07) is 6.06. The maximum Gasteiger partial charge on any atom is 0.239 e. The minimum atomic E-state index is -0.397. The Kier molecular flexibility index (Phi) is 2.97. The number of carbonyl (C=O) groups is 1. The second kappa shape index (κ2) is 4.26. The fourth-order valence-electron chi connectivity index (χ4n) is 2.16. The average molecular weight is 218 g/mol. The van der Waals surface area contributed by atoms with E-state index in [2.05, 4.69) is 25.1 Å². The highest BCUT2D eigenvalue weighted by molar-refractivity contribution is 5.81. The number of rotatable bonds is 1. The number of hydrogen-bond donors (Lipinski definition) is 1. The van der Waals surface area contributed by atoms with Crippen molar-refractivity contribution in [3.63, 3.8) is 0 Å². The lowest BCUT2D eigenvalue weighted by atomic mass is 9.97. The highest BCUT2D eigenvalue weighted by Gasteiger charge is 2.22. The first-order valence-electron chi connectivity index (χ1n) is 5.70. The lowest BCUT2D eigenvalue weighted by molar-refractivity contribution is -0.133. The monoisotopic (exact) mass is 218 g/mol. The van der Waals surface area contributed by atoms with E-state index in [1.807, 2.05) is 4.90 Å². The van der Waals surface area contributed by atoms with Crippen molar-refractivity contribution in [3.8, 4) is 0 Å². The van der Waals surface area contributed by atoms with Crippen molar-refractivity contribution in [3.05, 3.63) is 34.9 Å². The molecule has 86 valence electrons. The summed E-state index contributed by atoms with van der Waals surface area (Å²) in [5, 5.41) is 0. The van der Waals surface area contributed by atoms with Crippen molar-refractivity contribution in [2.75, 3.05) is 6.54 Å². The van der Waals surface area contributed by atoms with Gasteiger partial charge in [-0.2, -0.15) is 0 Å². The minimum Gasteiger partial charge on any atom is -0.337 e. The van der Waals surface area contributed by atoms with Crippen molar-refractivity contribution in [2.45, 2.75) is 32.9 Å². The smallest absolute Gasteiger partial charge is 0.239 e. The fraction of sp³-hybridized carbons (Fsp3) is 0.462. The van der Waals surface area contributed by atoms with Crippen LogP contribution in [0, 0.1) is 6.92 Å². The van der Waals surface area contributed by atoms with E-state index >= 15 is 0 Å². The zero-order chi connectivity index (χ0) is 11.7. The van der Waals surface area contributed by atoms with Crippen molar-refractivity contribution in [2.24, 2.45) is 5.73 Å². The van der Waals surface area contributed by atoms with Crippen LogP contribution in [0.15, 0.2) is 18.2 Å². The van der Waals surface area contributed by atoms with Crippen LogP contribution < -0.4 is 5.73 Å². The van der Waals surface area contributed by atoms with E-state index in [1.54, 1.807) is 6.92 Å². The predicted molar refractivity (Wildman–Crippen MR) is 63.9 cm³/mol. The molecule has 1 aromatic carbocycles. The SMILES string of the molecule is Cc1ccc2c(c1)CN(C(=O)[C@H](C)N)CC2. The van der Waals surface area contributed by atoms with E-state index in [4.69, 9.17) is 5.73 Å². The predicted octanol–water partition coefficient (Wildman–Crippen LogP) is 1.23. The van der Waals surface area contributed by atoms with Crippen LogP contribution in [-0.4, -0.2) is 23.4 Å². The Morgan fingerprint density at radius 3 is 2.88 bits per heavy atom. The molecule has 1 atom stereocenters. The van der Waals surface area contributed by atoms with Gasteiger partial charge in [0.05, 0.1) is 6.04 Å². The molecule has 1 aliphatic rings. The normalized spacial score (nSPS) is 16.8. The molecule has 0 unspecified atom stereocenters. The number of amides is 1. The van der Waals surface area contributed by atoms with Gasteiger partial charge in [-0.25, -0.2) is 0 Å². The molecule has 3 nitrogen and oxygen atoms in total. The van der Waals surface area contributed by atoms with E-state index in [9.17, 15) is 4.79 Å². The number of aryl methyl sites for hydroxylation is 1. The molecule has 0 saturated heterocycles. The Balaban J connectivity index is 2.20. The third kappa shape index (κ3) is 2.09. The largest absolute Gasteiger partial charge is 0.337 e. The molecule has 0 aliphatic carbocycles. The summed E-state index contributed by atoms with van der Waals surface area (Å²) in [5.74, 6) is 0.0483. The molecule has 0 saturated carbocycles. The third-order valence-corrected chi connectivity index (χ3v) is 3.08. The van der Waals surface area contributed by atoms with Gasteiger partial charge in [0.1, 0.15) is 0 Å². The first-order chi connectivity index (χ1) is 7.58. The highest BCUT2D eigenvalue weighted by atomic mass is 16.2. The zero-order valence-electron chi connectivity index (χ0n) is 9.86. The van der Waals surface area contributed by atoms with Crippen LogP contribution >= 0.6 is 0 Å². The Hall–Kier alpha value is -1.35. The first kappa shape index (κ1) is 11.1. The topological polar surface area (TPSA) is 46.3 Å². The summed E-state index contributed by atoms with van der Waals surface area (Å²) in [6.07, 6.45) is 0.939. The number of fused-ring (bicyclic) bond motifs is 1. The quantitative estimate of drug-likeness (QED) is 0.770. The van der Waals surface area contributed by atoms with Crippen molar-refractivity contribution < 1.29 is 4.79 Å². The van der Waals surface area contributed by atoms with Crippen LogP contribution in [0.1, 0.15) is 23.6 Å². The van der Waals surface area contributed by atoms with Crippen molar-refractivity contribution in [1.29, 1.82) is 0 Å². The summed E-state index contributed by atoms with van der Waals surface area (Å²) in [6.45, 7) is 5.31. The van der Waals surface area contributed by atoms with Crippen molar-refractivity contribution >= 4 is 5.91 Å². The maximum atomic E-state index is 11.8. The van der Waals surface area contributed by atoms with Gasteiger partial charge in [0.25, 0.3) is 0 Å². The van der Waals surface area contributed by atoms with Gasteiger partial charge in [-0.1, -0.05) is 23.8 Å². The van der Waals surface area contributed by atoms with E-state index in [0.29, 0.717) is 6.54 Å². The van der Waals surface area contributed by atoms with Gasteiger partial charge in [-0.05, 0) is 31.4 Å². The van der Waals surface area contributed by atoms with Crippen LogP contribution in [0.4, 0.5) is 0 Å². The molecule has 0 fully saturated rings. The average Bonchev–Trinajstić information content (AvgIpc) is 2.26. The lowest BCUT2D eigenvalue weighted by Crippen LogP contribution is -2.44. The van der Waals surface area contributed by atoms with Crippen LogP contribution in [0.25, 0.3) is 0 Å². The number of benzene rings is 1. The van der Waals surface area contributed by atoms with Gasteiger partial charge < -0.3 is 10.6 Å². The van der Waals surface area contributed by atoms with Crippen molar-refractivity contribution in [1.82, 2.24) is 4.90 Å². The second-order valence-corrected chi connectivity index (χ2v) is 4.57. The third-order valence-electron chi connectivity index (χ3n) is 3.08. The molecule has 2 rings (SSSR count). The van der Waals surface area contributed by atoms with E-state index in [0.717, 1.165) is 13.0 Å². The zero-order valence-corrected chi connectivity index (χ0v) is 9.86. The molecule has 0 spiro atoms. The highest BCUT2D eigenvalue weighted by Crippen LogP contribution is 2.20. The summed E-state index contributed by atoms with van der Waals surface area (Å²) in [7, 11) is 0. The summed E-state index contributed by atoms with van der Waals surface area (Å²) < 4.78 is 0. The molecular weight excluding hydrogens is 200 g/mol.